The van der Waals surface area contributed by atoms with E-state index in [1.54, 1.807) is 7.11 Å². The van der Waals surface area contributed by atoms with Gasteiger partial charge in [0, 0.05) is 50.0 Å². The Hall–Kier alpha value is -3.13. The van der Waals surface area contributed by atoms with Gasteiger partial charge in [-0.1, -0.05) is 53.9 Å². The molecule has 0 spiro atoms. The van der Waals surface area contributed by atoms with Crippen LogP contribution in [-0.2, 0) is 11.3 Å². The number of aryl methyl sites for hydroxylation is 1. The second-order valence-electron chi connectivity index (χ2n) is 9.07. The average Bonchev–Trinajstić information content (AvgIpc) is 2.95. The maximum atomic E-state index is 6.25. The molecule has 3 heterocycles. The molecule has 2 aliphatic heterocycles. The lowest BCUT2D eigenvalue weighted by atomic mass is 10.1. The van der Waals surface area contributed by atoms with Crippen molar-refractivity contribution in [3.63, 3.8) is 0 Å². The molecule has 0 saturated carbocycles. The number of anilines is 1. The number of rotatable bonds is 6. The molecule has 6 rings (SSSR count). The number of aromatic nitrogens is 1. The van der Waals surface area contributed by atoms with Crippen molar-refractivity contribution in [2.45, 2.75) is 33.1 Å². The highest BCUT2D eigenvalue weighted by molar-refractivity contribution is 8.05. The Bertz CT molecular complexity index is 1420. The smallest absolute Gasteiger partial charge is 0.216 e. The second-order valence-corrected chi connectivity index (χ2v) is 11.2. The fourth-order valence-corrected chi connectivity index (χ4v) is 6.96. The van der Waals surface area contributed by atoms with Crippen molar-refractivity contribution in [2.75, 3.05) is 38.3 Å². The lowest BCUT2D eigenvalue weighted by molar-refractivity contribution is 0.122. The summed E-state index contributed by atoms with van der Waals surface area (Å²) in [4.78, 5) is 12.5. The molecular formula is C30H28N2O3S2. The number of pyridine rings is 1. The minimum atomic E-state index is 0.438. The zero-order valence-corrected chi connectivity index (χ0v) is 22.5. The van der Waals surface area contributed by atoms with Crippen molar-refractivity contribution in [1.29, 1.82) is 0 Å². The van der Waals surface area contributed by atoms with Crippen molar-refractivity contribution >= 4 is 29.2 Å². The molecule has 0 aliphatic carbocycles. The first kappa shape index (κ1) is 24.2. The van der Waals surface area contributed by atoms with Gasteiger partial charge in [0.15, 0.2) is 0 Å². The van der Waals surface area contributed by atoms with E-state index in [9.17, 15) is 0 Å². The molecule has 0 unspecified atom stereocenters. The molecule has 0 N–H and O–H groups in total. The first-order valence-electron chi connectivity index (χ1n) is 12.4. The molecule has 1 fully saturated rings. The Labute approximate surface area is 226 Å². The minimum absolute atomic E-state index is 0.438. The Balaban J connectivity index is 1.35. The number of ether oxygens (including phenoxy) is 3. The van der Waals surface area contributed by atoms with E-state index in [-0.39, 0.29) is 0 Å². The summed E-state index contributed by atoms with van der Waals surface area (Å²) in [5.74, 6) is 1.45. The van der Waals surface area contributed by atoms with Crippen LogP contribution in [0.15, 0.2) is 92.4 Å². The van der Waals surface area contributed by atoms with Crippen LogP contribution in [0.2, 0.25) is 0 Å². The molecule has 188 valence electrons. The molecule has 7 heteroatoms. The maximum absolute atomic E-state index is 6.25. The van der Waals surface area contributed by atoms with Crippen LogP contribution in [0.3, 0.4) is 0 Å². The molecule has 1 saturated heterocycles. The monoisotopic (exact) mass is 528 g/mol. The van der Waals surface area contributed by atoms with Gasteiger partial charge in [-0.05, 0) is 54.4 Å². The molecular weight excluding hydrogens is 500 g/mol. The van der Waals surface area contributed by atoms with Crippen LogP contribution in [0.4, 0.5) is 5.69 Å². The maximum Gasteiger partial charge on any atom is 0.216 e. The quantitative estimate of drug-likeness (QED) is 0.233. The lowest BCUT2D eigenvalue weighted by Crippen LogP contribution is -2.36. The predicted octanol–water partition coefficient (Wildman–Crippen LogP) is 7.10. The number of morpholine rings is 1. The highest BCUT2D eigenvalue weighted by Crippen LogP contribution is 2.52. The van der Waals surface area contributed by atoms with Gasteiger partial charge in [0.1, 0.15) is 12.4 Å². The minimum Gasteiger partial charge on any atom is -0.497 e. The lowest BCUT2D eigenvalue weighted by Gasteiger charge is -2.29. The molecule has 1 aromatic heterocycles. The highest BCUT2D eigenvalue weighted by Gasteiger charge is 2.22. The number of hydrogen-bond acceptors (Lipinski definition) is 7. The number of fused-ring (bicyclic) bond motifs is 2. The standard InChI is InChI=1S/C30H28N2O3S2/c1-20-6-11-26-28(16-20)36-27-5-3-4-24(30(27)37-26)25-17-22(32-12-14-34-15-13-32)18-29(31-25)35-19-21-7-9-23(33-2)10-8-21/h3-11,16-18H,12-15,19H2,1-2H3. The Kier molecular flexibility index (Phi) is 7.00. The molecule has 0 radical (unpaired) electrons. The third-order valence-electron chi connectivity index (χ3n) is 6.49. The van der Waals surface area contributed by atoms with Gasteiger partial charge in [-0.2, -0.15) is 0 Å². The SMILES string of the molecule is COc1ccc(COc2cc(N3CCOCC3)cc(-c3cccc4c3Sc3ccc(C)cc3S4)n2)cc1. The van der Waals surface area contributed by atoms with Gasteiger partial charge in [0.25, 0.3) is 0 Å². The van der Waals surface area contributed by atoms with Crippen LogP contribution in [0.25, 0.3) is 11.3 Å². The van der Waals surface area contributed by atoms with Crippen molar-refractivity contribution in [3.05, 3.63) is 83.9 Å². The molecule has 4 aromatic rings. The normalized spacial score (nSPS) is 14.6. The predicted molar refractivity (Wildman–Crippen MR) is 149 cm³/mol. The van der Waals surface area contributed by atoms with Crippen LogP contribution >= 0.6 is 23.5 Å². The van der Waals surface area contributed by atoms with E-state index in [1.165, 1.54) is 25.1 Å². The van der Waals surface area contributed by atoms with Gasteiger partial charge < -0.3 is 19.1 Å². The van der Waals surface area contributed by atoms with Crippen LogP contribution in [0, 0.1) is 6.92 Å². The molecule has 5 nitrogen and oxygen atoms in total. The zero-order chi connectivity index (χ0) is 25.2. The number of methoxy groups -OCH3 is 1. The third kappa shape index (κ3) is 5.30. The molecule has 0 atom stereocenters. The third-order valence-corrected chi connectivity index (χ3v) is 9.09. The summed E-state index contributed by atoms with van der Waals surface area (Å²) in [7, 11) is 1.67. The summed E-state index contributed by atoms with van der Waals surface area (Å²) >= 11 is 3.66. The highest BCUT2D eigenvalue weighted by atomic mass is 32.2. The van der Waals surface area contributed by atoms with Crippen molar-refractivity contribution in [3.8, 4) is 22.9 Å². The number of nitrogens with zero attached hydrogens (tertiary/aromatic N) is 2. The molecule has 0 amide bonds. The summed E-state index contributed by atoms with van der Waals surface area (Å²) in [6.07, 6.45) is 0. The van der Waals surface area contributed by atoms with Crippen molar-refractivity contribution in [2.24, 2.45) is 0 Å². The van der Waals surface area contributed by atoms with E-state index in [1.807, 2.05) is 53.9 Å². The first-order chi connectivity index (χ1) is 18.2. The summed E-state index contributed by atoms with van der Waals surface area (Å²) < 4.78 is 17.1. The Morgan fingerprint density at radius 1 is 0.892 bits per heavy atom. The van der Waals surface area contributed by atoms with Crippen molar-refractivity contribution in [1.82, 2.24) is 4.98 Å². The average molecular weight is 529 g/mol. The van der Waals surface area contributed by atoms with Gasteiger partial charge in [-0.25, -0.2) is 4.98 Å². The summed E-state index contributed by atoms with van der Waals surface area (Å²) in [6.45, 7) is 5.74. The van der Waals surface area contributed by atoms with E-state index in [2.05, 4.69) is 54.3 Å². The fraction of sp³-hybridized carbons (Fsp3) is 0.233. The van der Waals surface area contributed by atoms with Gasteiger partial charge in [-0.3, -0.25) is 0 Å². The molecule has 3 aromatic carbocycles. The second kappa shape index (κ2) is 10.7. The Morgan fingerprint density at radius 3 is 2.54 bits per heavy atom. The van der Waals surface area contributed by atoms with Gasteiger partial charge in [0.05, 0.1) is 26.0 Å². The molecule has 0 bridgehead atoms. The summed E-state index contributed by atoms with van der Waals surface area (Å²) in [6, 6.07) is 25.4. The number of hydrogen-bond donors (Lipinski definition) is 0. The van der Waals surface area contributed by atoms with Gasteiger partial charge in [-0.15, -0.1) is 0 Å². The summed E-state index contributed by atoms with van der Waals surface area (Å²) in [5.41, 5.74) is 5.52. The summed E-state index contributed by atoms with van der Waals surface area (Å²) in [5, 5.41) is 0. The van der Waals surface area contributed by atoms with E-state index in [0.29, 0.717) is 12.5 Å². The van der Waals surface area contributed by atoms with Crippen LogP contribution in [0.5, 0.6) is 11.6 Å². The van der Waals surface area contributed by atoms with Crippen LogP contribution < -0.4 is 14.4 Å². The number of benzene rings is 3. The largest absolute Gasteiger partial charge is 0.497 e. The van der Waals surface area contributed by atoms with Crippen LogP contribution in [0.1, 0.15) is 11.1 Å². The first-order valence-corrected chi connectivity index (χ1v) is 14.0. The topological polar surface area (TPSA) is 43.8 Å². The van der Waals surface area contributed by atoms with E-state index < -0.39 is 0 Å². The van der Waals surface area contributed by atoms with Gasteiger partial charge in [0.2, 0.25) is 5.88 Å². The fourth-order valence-electron chi connectivity index (χ4n) is 4.50. The van der Waals surface area contributed by atoms with E-state index >= 15 is 0 Å². The zero-order valence-electron chi connectivity index (χ0n) is 20.9. The van der Waals surface area contributed by atoms with E-state index in [4.69, 9.17) is 19.2 Å². The molecule has 2 aliphatic rings. The molecule has 37 heavy (non-hydrogen) atoms. The van der Waals surface area contributed by atoms with Crippen LogP contribution in [-0.4, -0.2) is 38.4 Å². The van der Waals surface area contributed by atoms with E-state index in [0.717, 1.165) is 54.6 Å². The Morgan fingerprint density at radius 2 is 1.73 bits per heavy atom. The van der Waals surface area contributed by atoms with Crippen molar-refractivity contribution < 1.29 is 14.2 Å². The van der Waals surface area contributed by atoms with Gasteiger partial charge >= 0.3 is 0 Å².